The second-order valence-electron chi connectivity index (χ2n) is 4.81. The SMILES string of the molecule is CCc1cccc(CC)c1NC(=O)c1cc(O)ccc1O. The molecule has 4 nitrogen and oxygen atoms in total. The first-order valence-electron chi connectivity index (χ1n) is 7.00. The molecule has 0 heterocycles. The van der Waals surface area contributed by atoms with Crippen molar-refractivity contribution in [1.29, 1.82) is 0 Å². The normalized spacial score (nSPS) is 10.4. The Morgan fingerprint density at radius 1 is 1.05 bits per heavy atom. The first-order chi connectivity index (χ1) is 10.1. The molecule has 0 aliphatic heterocycles. The van der Waals surface area contributed by atoms with E-state index in [0.29, 0.717) is 0 Å². The summed E-state index contributed by atoms with van der Waals surface area (Å²) in [6, 6.07) is 9.80. The van der Waals surface area contributed by atoms with Crippen molar-refractivity contribution < 1.29 is 15.0 Å². The maximum Gasteiger partial charge on any atom is 0.259 e. The number of para-hydroxylation sites is 1. The summed E-state index contributed by atoms with van der Waals surface area (Å²) < 4.78 is 0. The highest BCUT2D eigenvalue weighted by molar-refractivity contribution is 6.07. The Hall–Kier alpha value is -2.49. The van der Waals surface area contributed by atoms with Crippen molar-refractivity contribution in [2.45, 2.75) is 26.7 Å². The van der Waals surface area contributed by atoms with Gasteiger partial charge in [-0.25, -0.2) is 0 Å². The van der Waals surface area contributed by atoms with E-state index in [1.165, 1.54) is 18.2 Å². The number of nitrogens with one attached hydrogen (secondary N) is 1. The molecule has 0 saturated carbocycles. The van der Waals surface area contributed by atoms with Gasteiger partial charge in [-0.2, -0.15) is 0 Å². The number of aryl methyl sites for hydroxylation is 2. The Morgan fingerprint density at radius 3 is 2.24 bits per heavy atom. The van der Waals surface area contributed by atoms with Crippen molar-refractivity contribution in [2.75, 3.05) is 5.32 Å². The van der Waals surface area contributed by atoms with Crippen LogP contribution in [-0.4, -0.2) is 16.1 Å². The molecule has 0 atom stereocenters. The average molecular weight is 285 g/mol. The summed E-state index contributed by atoms with van der Waals surface area (Å²) in [6.07, 6.45) is 1.60. The minimum Gasteiger partial charge on any atom is -0.508 e. The first-order valence-corrected chi connectivity index (χ1v) is 7.00. The minimum atomic E-state index is -0.431. The molecule has 4 heteroatoms. The first kappa shape index (κ1) is 14.9. The van der Waals surface area contributed by atoms with Crippen molar-refractivity contribution in [3.63, 3.8) is 0 Å². The maximum absolute atomic E-state index is 12.3. The van der Waals surface area contributed by atoms with E-state index in [4.69, 9.17) is 0 Å². The zero-order chi connectivity index (χ0) is 15.4. The highest BCUT2D eigenvalue weighted by Gasteiger charge is 2.15. The van der Waals surface area contributed by atoms with E-state index in [-0.39, 0.29) is 17.1 Å². The number of carbonyl (C=O) groups is 1. The van der Waals surface area contributed by atoms with E-state index in [1.54, 1.807) is 0 Å². The quantitative estimate of drug-likeness (QED) is 0.753. The van der Waals surface area contributed by atoms with Gasteiger partial charge in [0.2, 0.25) is 0 Å². The lowest BCUT2D eigenvalue weighted by molar-refractivity contribution is 0.102. The highest BCUT2D eigenvalue weighted by atomic mass is 16.3. The standard InChI is InChI=1S/C17H19NO3/c1-3-11-6-5-7-12(4-2)16(11)18-17(21)14-10-13(19)8-9-15(14)20/h5-10,19-20H,3-4H2,1-2H3,(H,18,21). The van der Waals surface area contributed by atoms with Gasteiger partial charge in [0.15, 0.2) is 0 Å². The van der Waals surface area contributed by atoms with Crippen LogP contribution in [-0.2, 0) is 12.8 Å². The third-order valence-electron chi connectivity index (χ3n) is 3.46. The molecule has 3 N–H and O–H groups in total. The van der Waals surface area contributed by atoms with Crippen molar-refractivity contribution in [3.8, 4) is 11.5 Å². The van der Waals surface area contributed by atoms with Crippen LogP contribution in [0.25, 0.3) is 0 Å². The molecule has 0 saturated heterocycles. The Morgan fingerprint density at radius 2 is 1.67 bits per heavy atom. The van der Waals surface area contributed by atoms with Gasteiger partial charge in [0, 0.05) is 5.69 Å². The summed E-state index contributed by atoms with van der Waals surface area (Å²) >= 11 is 0. The Labute approximate surface area is 124 Å². The van der Waals surface area contributed by atoms with Gasteiger partial charge in [0.1, 0.15) is 11.5 Å². The number of anilines is 1. The van der Waals surface area contributed by atoms with Crippen LogP contribution in [0.3, 0.4) is 0 Å². The van der Waals surface area contributed by atoms with Crippen LogP contribution in [0.4, 0.5) is 5.69 Å². The molecule has 2 rings (SSSR count). The van der Waals surface area contributed by atoms with E-state index in [9.17, 15) is 15.0 Å². The lowest BCUT2D eigenvalue weighted by Gasteiger charge is -2.15. The van der Waals surface area contributed by atoms with Gasteiger partial charge < -0.3 is 15.5 Å². The number of phenols is 2. The molecule has 0 radical (unpaired) electrons. The predicted octanol–water partition coefficient (Wildman–Crippen LogP) is 3.47. The zero-order valence-corrected chi connectivity index (χ0v) is 12.2. The fourth-order valence-electron chi connectivity index (χ4n) is 2.29. The summed E-state index contributed by atoms with van der Waals surface area (Å²) in [5.74, 6) is -0.645. The molecule has 110 valence electrons. The number of amides is 1. The highest BCUT2D eigenvalue weighted by Crippen LogP contribution is 2.26. The Kier molecular flexibility index (Phi) is 4.48. The molecule has 21 heavy (non-hydrogen) atoms. The van der Waals surface area contributed by atoms with Crippen LogP contribution in [0.1, 0.15) is 35.3 Å². The molecule has 0 aliphatic rings. The van der Waals surface area contributed by atoms with Gasteiger partial charge >= 0.3 is 0 Å². The van der Waals surface area contributed by atoms with E-state index in [0.717, 1.165) is 29.7 Å². The van der Waals surface area contributed by atoms with Crippen LogP contribution in [0.2, 0.25) is 0 Å². The van der Waals surface area contributed by atoms with Gasteiger partial charge in [0.05, 0.1) is 5.56 Å². The maximum atomic E-state index is 12.3. The van der Waals surface area contributed by atoms with Gasteiger partial charge in [0.25, 0.3) is 5.91 Å². The van der Waals surface area contributed by atoms with Crippen LogP contribution >= 0.6 is 0 Å². The molecule has 2 aromatic carbocycles. The largest absolute Gasteiger partial charge is 0.508 e. The van der Waals surface area contributed by atoms with E-state index >= 15 is 0 Å². The predicted molar refractivity (Wildman–Crippen MR) is 82.9 cm³/mol. The lowest BCUT2D eigenvalue weighted by Crippen LogP contribution is -2.15. The van der Waals surface area contributed by atoms with E-state index in [1.807, 2.05) is 32.0 Å². The molecule has 0 fully saturated rings. The molecule has 2 aromatic rings. The van der Waals surface area contributed by atoms with Crippen molar-refractivity contribution >= 4 is 11.6 Å². The third-order valence-corrected chi connectivity index (χ3v) is 3.46. The molecular formula is C17H19NO3. The number of aromatic hydroxyl groups is 2. The van der Waals surface area contributed by atoms with Crippen LogP contribution in [0.5, 0.6) is 11.5 Å². The number of hydrogen-bond donors (Lipinski definition) is 3. The summed E-state index contributed by atoms with van der Waals surface area (Å²) in [6.45, 7) is 4.05. The van der Waals surface area contributed by atoms with Crippen LogP contribution in [0, 0.1) is 0 Å². The average Bonchev–Trinajstić information content (AvgIpc) is 2.49. The number of carbonyl (C=O) groups excluding carboxylic acids is 1. The second-order valence-corrected chi connectivity index (χ2v) is 4.81. The molecule has 1 amide bonds. The minimum absolute atomic E-state index is 0.0579. The molecule has 0 bridgehead atoms. The summed E-state index contributed by atoms with van der Waals surface area (Å²) in [5, 5.41) is 22.1. The van der Waals surface area contributed by atoms with Crippen LogP contribution < -0.4 is 5.32 Å². The van der Waals surface area contributed by atoms with Gasteiger partial charge in [-0.15, -0.1) is 0 Å². The monoisotopic (exact) mass is 285 g/mol. The smallest absolute Gasteiger partial charge is 0.259 e. The van der Waals surface area contributed by atoms with Gasteiger partial charge in [-0.3, -0.25) is 4.79 Å². The number of rotatable bonds is 4. The molecule has 0 spiro atoms. The fourth-order valence-corrected chi connectivity index (χ4v) is 2.29. The van der Waals surface area contributed by atoms with Gasteiger partial charge in [-0.05, 0) is 42.2 Å². The molecular weight excluding hydrogens is 266 g/mol. The third kappa shape index (κ3) is 3.16. The van der Waals surface area contributed by atoms with Crippen molar-refractivity contribution in [1.82, 2.24) is 0 Å². The summed E-state index contributed by atoms with van der Waals surface area (Å²) in [7, 11) is 0. The number of hydrogen-bond acceptors (Lipinski definition) is 3. The van der Waals surface area contributed by atoms with Gasteiger partial charge in [-0.1, -0.05) is 32.0 Å². The summed E-state index contributed by atoms with van der Waals surface area (Å²) in [5.41, 5.74) is 2.93. The number of phenolic OH excluding ortho intramolecular Hbond substituents is 2. The molecule has 0 aliphatic carbocycles. The Bertz CT molecular complexity index is 643. The summed E-state index contributed by atoms with van der Waals surface area (Å²) in [4.78, 5) is 12.3. The fraction of sp³-hybridized carbons (Fsp3) is 0.235. The second kappa shape index (κ2) is 6.31. The number of benzene rings is 2. The van der Waals surface area contributed by atoms with Crippen molar-refractivity contribution in [3.05, 3.63) is 53.1 Å². The van der Waals surface area contributed by atoms with Crippen LogP contribution in [0.15, 0.2) is 36.4 Å². The topological polar surface area (TPSA) is 69.6 Å². The molecule has 0 unspecified atom stereocenters. The molecule has 0 aromatic heterocycles. The lowest BCUT2D eigenvalue weighted by atomic mass is 10.0. The Balaban J connectivity index is 2.38. The van der Waals surface area contributed by atoms with E-state index < -0.39 is 5.91 Å². The van der Waals surface area contributed by atoms with Crippen molar-refractivity contribution in [2.24, 2.45) is 0 Å². The zero-order valence-electron chi connectivity index (χ0n) is 12.2. The van der Waals surface area contributed by atoms with E-state index in [2.05, 4.69) is 5.32 Å².